The van der Waals surface area contributed by atoms with Crippen LogP contribution >= 0.6 is 0 Å². The second kappa shape index (κ2) is 6.76. The number of hydrogen-bond donors (Lipinski definition) is 2. The standard InChI is InChI=1S/C12H17N3O/c1-3-9-15(10-14-13-2)12(16)11-7-5-4-6-8-11/h3-8,13-14H,1,9-10H2,2H3. The first-order valence-electron chi connectivity index (χ1n) is 5.14. The topological polar surface area (TPSA) is 44.4 Å². The van der Waals surface area contributed by atoms with Crippen LogP contribution in [0.15, 0.2) is 43.0 Å². The Bertz CT molecular complexity index is 337. The van der Waals surface area contributed by atoms with Crippen molar-refractivity contribution in [1.29, 1.82) is 0 Å². The van der Waals surface area contributed by atoms with E-state index in [1.165, 1.54) is 0 Å². The molecule has 0 unspecified atom stereocenters. The number of rotatable bonds is 6. The van der Waals surface area contributed by atoms with Gasteiger partial charge in [-0.3, -0.25) is 10.2 Å². The van der Waals surface area contributed by atoms with Crippen molar-refractivity contribution >= 4 is 5.91 Å². The van der Waals surface area contributed by atoms with Gasteiger partial charge < -0.3 is 4.90 Å². The van der Waals surface area contributed by atoms with Crippen LogP contribution in [0.4, 0.5) is 0 Å². The van der Waals surface area contributed by atoms with Crippen LogP contribution in [-0.4, -0.2) is 31.1 Å². The Morgan fingerprint density at radius 1 is 1.44 bits per heavy atom. The van der Waals surface area contributed by atoms with E-state index in [0.29, 0.717) is 18.8 Å². The van der Waals surface area contributed by atoms with Crippen molar-refractivity contribution < 1.29 is 4.79 Å². The molecule has 1 rings (SSSR count). The van der Waals surface area contributed by atoms with Crippen molar-refractivity contribution in [3.8, 4) is 0 Å². The molecule has 0 bridgehead atoms. The van der Waals surface area contributed by atoms with Crippen molar-refractivity contribution in [1.82, 2.24) is 15.8 Å². The monoisotopic (exact) mass is 219 g/mol. The predicted octanol–water partition coefficient (Wildman–Crippen LogP) is 0.996. The lowest BCUT2D eigenvalue weighted by Gasteiger charge is -2.21. The van der Waals surface area contributed by atoms with Gasteiger partial charge in [0.25, 0.3) is 5.91 Å². The van der Waals surface area contributed by atoms with Crippen molar-refractivity contribution in [2.24, 2.45) is 0 Å². The van der Waals surface area contributed by atoms with Gasteiger partial charge in [-0.05, 0) is 19.2 Å². The number of carbonyl (C=O) groups is 1. The summed E-state index contributed by atoms with van der Waals surface area (Å²) >= 11 is 0. The normalized spacial score (nSPS) is 9.81. The summed E-state index contributed by atoms with van der Waals surface area (Å²) < 4.78 is 0. The van der Waals surface area contributed by atoms with Crippen LogP contribution in [0.2, 0.25) is 0 Å². The predicted molar refractivity (Wildman–Crippen MR) is 64.7 cm³/mol. The Labute approximate surface area is 95.9 Å². The summed E-state index contributed by atoms with van der Waals surface area (Å²) in [5.41, 5.74) is 6.36. The van der Waals surface area contributed by atoms with Gasteiger partial charge in [0.1, 0.15) is 0 Å². The number of benzene rings is 1. The van der Waals surface area contributed by atoms with E-state index in [1.807, 2.05) is 18.2 Å². The summed E-state index contributed by atoms with van der Waals surface area (Å²) in [7, 11) is 1.76. The Kier molecular flexibility index (Phi) is 5.25. The number of hydrogen-bond acceptors (Lipinski definition) is 3. The maximum atomic E-state index is 12.1. The van der Waals surface area contributed by atoms with Gasteiger partial charge in [0.2, 0.25) is 0 Å². The molecular formula is C12H17N3O. The third kappa shape index (κ3) is 3.49. The van der Waals surface area contributed by atoms with Gasteiger partial charge in [0.15, 0.2) is 0 Å². The molecule has 0 fully saturated rings. The minimum Gasteiger partial charge on any atom is -0.321 e. The third-order valence-corrected chi connectivity index (χ3v) is 2.10. The van der Waals surface area contributed by atoms with Crippen LogP contribution < -0.4 is 10.9 Å². The molecule has 0 aliphatic rings. The van der Waals surface area contributed by atoms with Gasteiger partial charge >= 0.3 is 0 Å². The first-order valence-corrected chi connectivity index (χ1v) is 5.14. The zero-order chi connectivity index (χ0) is 11.8. The average Bonchev–Trinajstić information content (AvgIpc) is 2.35. The Balaban J connectivity index is 2.70. The molecule has 1 amide bonds. The number of hydrazine groups is 1. The largest absolute Gasteiger partial charge is 0.321 e. The Morgan fingerprint density at radius 3 is 2.69 bits per heavy atom. The van der Waals surface area contributed by atoms with Gasteiger partial charge in [0.05, 0.1) is 6.67 Å². The summed E-state index contributed by atoms with van der Waals surface area (Å²) in [6, 6.07) is 9.20. The minimum atomic E-state index is -0.0109. The van der Waals surface area contributed by atoms with Crippen LogP contribution in [0.25, 0.3) is 0 Å². The Morgan fingerprint density at radius 2 is 2.12 bits per heavy atom. The molecule has 16 heavy (non-hydrogen) atoms. The molecule has 0 spiro atoms. The lowest BCUT2D eigenvalue weighted by atomic mass is 10.2. The van der Waals surface area contributed by atoms with E-state index in [1.54, 1.807) is 30.2 Å². The summed E-state index contributed by atoms with van der Waals surface area (Å²) in [6.45, 7) is 4.60. The third-order valence-electron chi connectivity index (χ3n) is 2.10. The van der Waals surface area contributed by atoms with Crippen LogP contribution in [0.1, 0.15) is 10.4 Å². The van der Waals surface area contributed by atoms with Gasteiger partial charge in [0, 0.05) is 12.1 Å². The molecule has 86 valence electrons. The summed E-state index contributed by atoms with van der Waals surface area (Å²) in [4.78, 5) is 13.7. The fraction of sp³-hybridized carbons (Fsp3) is 0.250. The average molecular weight is 219 g/mol. The van der Waals surface area contributed by atoms with Crippen molar-refractivity contribution in [3.05, 3.63) is 48.6 Å². The van der Waals surface area contributed by atoms with Crippen molar-refractivity contribution in [2.75, 3.05) is 20.3 Å². The van der Waals surface area contributed by atoms with E-state index in [4.69, 9.17) is 0 Å². The Hall–Kier alpha value is -1.65. The van der Waals surface area contributed by atoms with Gasteiger partial charge in [-0.2, -0.15) is 0 Å². The van der Waals surface area contributed by atoms with E-state index in [-0.39, 0.29) is 5.91 Å². The smallest absolute Gasteiger partial charge is 0.255 e. The number of carbonyl (C=O) groups excluding carboxylic acids is 1. The first kappa shape index (κ1) is 12.4. The molecule has 0 aromatic heterocycles. The number of nitrogens with zero attached hydrogens (tertiary/aromatic N) is 1. The summed E-state index contributed by atoms with van der Waals surface area (Å²) in [5, 5.41) is 0. The maximum absolute atomic E-state index is 12.1. The van der Waals surface area contributed by atoms with Gasteiger partial charge in [-0.1, -0.05) is 24.3 Å². The molecule has 1 aromatic rings. The molecule has 0 heterocycles. The lowest BCUT2D eigenvalue weighted by Crippen LogP contribution is -2.43. The molecular weight excluding hydrogens is 202 g/mol. The highest BCUT2D eigenvalue weighted by atomic mass is 16.2. The SMILES string of the molecule is C=CCN(CNNC)C(=O)c1ccccc1. The molecule has 0 saturated carbocycles. The molecule has 0 aliphatic heterocycles. The fourth-order valence-corrected chi connectivity index (χ4v) is 1.31. The maximum Gasteiger partial charge on any atom is 0.255 e. The molecule has 2 N–H and O–H groups in total. The number of amides is 1. The number of nitrogens with one attached hydrogen (secondary N) is 2. The van der Waals surface area contributed by atoms with E-state index < -0.39 is 0 Å². The highest BCUT2D eigenvalue weighted by molar-refractivity contribution is 5.94. The summed E-state index contributed by atoms with van der Waals surface area (Å²) in [6.07, 6.45) is 1.71. The van der Waals surface area contributed by atoms with E-state index >= 15 is 0 Å². The second-order valence-electron chi connectivity index (χ2n) is 3.27. The summed E-state index contributed by atoms with van der Waals surface area (Å²) in [5.74, 6) is -0.0109. The van der Waals surface area contributed by atoms with Crippen molar-refractivity contribution in [3.63, 3.8) is 0 Å². The van der Waals surface area contributed by atoms with E-state index in [0.717, 1.165) is 0 Å². The zero-order valence-corrected chi connectivity index (χ0v) is 9.44. The van der Waals surface area contributed by atoms with E-state index in [2.05, 4.69) is 17.4 Å². The van der Waals surface area contributed by atoms with Gasteiger partial charge in [-0.25, -0.2) is 5.43 Å². The van der Waals surface area contributed by atoms with Crippen molar-refractivity contribution in [2.45, 2.75) is 0 Å². The fourth-order valence-electron chi connectivity index (χ4n) is 1.31. The zero-order valence-electron chi connectivity index (χ0n) is 9.44. The highest BCUT2D eigenvalue weighted by Gasteiger charge is 2.12. The van der Waals surface area contributed by atoms with Crippen LogP contribution in [-0.2, 0) is 0 Å². The molecule has 4 heteroatoms. The quantitative estimate of drug-likeness (QED) is 0.426. The van der Waals surface area contributed by atoms with Gasteiger partial charge in [-0.15, -0.1) is 6.58 Å². The van der Waals surface area contributed by atoms with Crippen LogP contribution in [0, 0.1) is 0 Å². The molecule has 4 nitrogen and oxygen atoms in total. The lowest BCUT2D eigenvalue weighted by molar-refractivity contribution is 0.0756. The minimum absolute atomic E-state index is 0.0109. The van der Waals surface area contributed by atoms with Crippen LogP contribution in [0.3, 0.4) is 0 Å². The second-order valence-corrected chi connectivity index (χ2v) is 3.27. The van der Waals surface area contributed by atoms with Crippen LogP contribution in [0.5, 0.6) is 0 Å². The molecule has 0 aliphatic carbocycles. The molecule has 0 atom stereocenters. The van der Waals surface area contributed by atoms with E-state index in [9.17, 15) is 4.79 Å². The first-order chi connectivity index (χ1) is 7.79. The molecule has 0 radical (unpaired) electrons. The molecule has 0 saturated heterocycles. The molecule has 1 aromatic carbocycles. The highest BCUT2D eigenvalue weighted by Crippen LogP contribution is 2.03.